The number of rotatable bonds is 1. The van der Waals surface area contributed by atoms with Gasteiger partial charge in [-0.2, -0.15) is 12.1 Å². The summed E-state index contributed by atoms with van der Waals surface area (Å²) in [6.45, 7) is 0. The molecule has 4 nitrogen and oxygen atoms in total. The second kappa shape index (κ2) is 9.16. The molecule has 0 spiro atoms. The van der Waals surface area contributed by atoms with E-state index in [0.717, 1.165) is 0 Å². The fraction of sp³-hybridized carbons (Fsp3) is 0. The van der Waals surface area contributed by atoms with Crippen molar-refractivity contribution < 1.29 is 69.3 Å². The molecule has 1 aromatic rings. The maximum absolute atomic E-state index is 10.1. The van der Waals surface area contributed by atoms with Crippen molar-refractivity contribution in [2.75, 3.05) is 5.73 Å². The van der Waals surface area contributed by atoms with E-state index in [4.69, 9.17) is 5.73 Å². The van der Waals surface area contributed by atoms with E-state index in [2.05, 4.69) is 6.07 Å². The molecule has 0 unspecified atom stereocenters. The second-order valence-corrected chi connectivity index (χ2v) is 2.01. The first-order valence-corrected chi connectivity index (χ1v) is 3.27. The van der Waals surface area contributed by atoms with Crippen molar-refractivity contribution in [3.63, 3.8) is 0 Å². The maximum Gasteiger partial charge on any atom is 1.00 e. The number of hydrogen-bond donors (Lipinski definition) is 1. The molecule has 0 saturated heterocycles. The van der Waals surface area contributed by atoms with Gasteiger partial charge in [-0.15, -0.1) is 0 Å². The molecule has 0 heterocycles. The molecule has 1 aromatic carbocycles. The molecule has 0 saturated carbocycles. The van der Waals surface area contributed by atoms with Gasteiger partial charge in [0.25, 0.3) is 0 Å². The normalized spacial score (nSPS) is 7.93. The predicted molar refractivity (Wildman–Crippen MR) is 45.4 cm³/mol. The number of non-ortho nitro benzene ring substituents is 1. The summed E-state index contributed by atoms with van der Waals surface area (Å²) in [6.07, 6.45) is 0. The number of halogens is 3. The van der Waals surface area contributed by atoms with Crippen molar-refractivity contribution in [1.29, 1.82) is 0 Å². The summed E-state index contributed by atoms with van der Waals surface area (Å²) in [7, 11) is -3.67. The van der Waals surface area contributed by atoms with Crippen LogP contribution in [0.5, 0.6) is 0 Å². The first-order chi connectivity index (χ1) is 6.43. The van der Waals surface area contributed by atoms with Crippen LogP contribution in [0.4, 0.5) is 24.3 Å². The van der Waals surface area contributed by atoms with Crippen molar-refractivity contribution in [2.24, 2.45) is 0 Å². The first-order valence-electron chi connectivity index (χ1n) is 3.27. The zero-order chi connectivity index (χ0) is 11.1. The molecule has 0 radical (unpaired) electrons. The van der Waals surface area contributed by atoms with Crippen LogP contribution in [-0.4, -0.2) is 12.5 Å². The van der Waals surface area contributed by atoms with E-state index in [1.165, 1.54) is 18.2 Å². The third-order valence-electron chi connectivity index (χ3n) is 1.02. The van der Waals surface area contributed by atoms with E-state index in [1.807, 2.05) is 0 Å². The molecule has 1 rings (SSSR count). The number of anilines is 1. The minimum Gasteiger partial charge on any atom is -0.420 e. The third kappa shape index (κ3) is 10.2. The summed E-state index contributed by atoms with van der Waals surface area (Å²) in [4.78, 5) is 9.59. The van der Waals surface area contributed by atoms with Crippen LogP contribution >= 0.6 is 0 Å². The zero-order valence-electron chi connectivity index (χ0n) is 7.78. The molecule has 0 aliphatic carbocycles. The molecule has 15 heavy (non-hydrogen) atoms. The summed E-state index contributed by atoms with van der Waals surface area (Å²) in [5.41, 5.74) is 5.52. The molecule has 0 atom stereocenters. The average molecular weight is 244 g/mol. The Balaban J connectivity index is 0. The fourth-order valence-electron chi connectivity index (χ4n) is 0.586. The number of nitrogens with zero attached hydrogens (tertiary/aromatic N) is 1. The van der Waals surface area contributed by atoms with Crippen LogP contribution in [0, 0.1) is 16.2 Å². The monoisotopic (exact) mass is 244 g/mol. The number of benzene rings is 1. The van der Waals surface area contributed by atoms with Crippen molar-refractivity contribution in [2.45, 2.75) is 0 Å². The maximum atomic E-state index is 10.1. The van der Waals surface area contributed by atoms with Gasteiger partial charge in [0.05, 0.1) is 0 Å². The smallest absolute Gasteiger partial charge is 0.420 e. The predicted octanol–water partition coefficient (Wildman–Crippen LogP) is -1.14. The Morgan fingerprint density at radius 1 is 1.47 bits per heavy atom. The molecular formula is C6H5BF3KN2O2. The summed E-state index contributed by atoms with van der Waals surface area (Å²) in [6, 6.07) is 6.63. The van der Waals surface area contributed by atoms with Gasteiger partial charge in [-0.05, 0) is 0 Å². The molecule has 0 aliphatic rings. The van der Waals surface area contributed by atoms with Crippen molar-refractivity contribution in [3.8, 4) is 0 Å². The van der Waals surface area contributed by atoms with Crippen LogP contribution in [-0.2, 0) is 0 Å². The van der Waals surface area contributed by atoms with E-state index in [0.29, 0.717) is 0 Å². The zero-order valence-corrected chi connectivity index (χ0v) is 10.9. The topological polar surface area (TPSA) is 69.2 Å². The minimum atomic E-state index is -3.67. The van der Waals surface area contributed by atoms with E-state index < -0.39 is 12.5 Å². The molecule has 0 amide bonds. The molecular weight excluding hydrogens is 239 g/mol. The average Bonchev–Trinajstić information content (AvgIpc) is 2.03. The van der Waals surface area contributed by atoms with Gasteiger partial charge in [0, 0.05) is 4.92 Å². The Hall–Kier alpha value is -0.0887. The summed E-state index contributed by atoms with van der Waals surface area (Å²) in [5, 5.41) is 10.1. The number of nitro benzene ring substituents is 1. The summed E-state index contributed by atoms with van der Waals surface area (Å²) >= 11 is 0. The molecule has 0 aromatic heterocycles. The Kier molecular flexibility index (Phi) is 10.6. The van der Waals surface area contributed by atoms with Gasteiger partial charge in [0.2, 0.25) is 0 Å². The molecule has 76 valence electrons. The van der Waals surface area contributed by atoms with E-state index in [1.54, 1.807) is 0 Å². The van der Waals surface area contributed by atoms with Crippen molar-refractivity contribution in [1.82, 2.24) is 0 Å². The number of nitrogen functional groups attached to an aromatic ring is 1. The van der Waals surface area contributed by atoms with Crippen molar-refractivity contribution in [3.05, 3.63) is 34.4 Å². The first kappa shape index (κ1) is 17.3. The van der Waals surface area contributed by atoms with E-state index >= 15 is 0 Å². The van der Waals surface area contributed by atoms with Gasteiger partial charge in [-0.3, -0.25) is 23.1 Å². The molecule has 0 fully saturated rings. The van der Waals surface area contributed by atoms with E-state index in [-0.39, 0.29) is 62.8 Å². The Bertz CT molecular complexity index is 313. The number of nitro groups is 1. The number of hydrogen-bond acceptors (Lipinski definition) is 3. The van der Waals surface area contributed by atoms with Crippen LogP contribution in [0.2, 0.25) is 0 Å². The van der Waals surface area contributed by atoms with Crippen LogP contribution in [0.15, 0.2) is 18.2 Å². The second-order valence-electron chi connectivity index (χ2n) is 2.01. The van der Waals surface area contributed by atoms with Gasteiger partial charge >= 0.3 is 58.9 Å². The van der Waals surface area contributed by atoms with Gasteiger partial charge in [0.1, 0.15) is 0 Å². The fourth-order valence-corrected chi connectivity index (χ4v) is 0.586. The van der Waals surface area contributed by atoms with Crippen molar-refractivity contribution >= 4 is 18.9 Å². The molecule has 2 N–H and O–H groups in total. The SMILES string of the molecule is FB(F)F.Nc1[c-]ccc([N+](=O)[O-])c1.[K+]. The molecule has 0 bridgehead atoms. The van der Waals surface area contributed by atoms with Crippen LogP contribution in [0.3, 0.4) is 0 Å². The van der Waals surface area contributed by atoms with Gasteiger partial charge in [-0.1, -0.05) is 17.8 Å². The van der Waals surface area contributed by atoms with Gasteiger partial charge < -0.3 is 5.73 Å². The quantitative estimate of drug-likeness (QED) is 0.223. The summed E-state index contributed by atoms with van der Waals surface area (Å²) < 4.78 is 29.0. The summed E-state index contributed by atoms with van der Waals surface area (Å²) in [5.74, 6) is 0. The van der Waals surface area contributed by atoms with Gasteiger partial charge in [0.15, 0.2) is 5.69 Å². The van der Waals surface area contributed by atoms with Gasteiger partial charge in [-0.25, -0.2) is 0 Å². The molecule has 0 aliphatic heterocycles. The number of nitrogens with two attached hydrogens (primary N) is 1. The Labute approximate surface area is 127 Å². The van der Waals surface area contributed by atoms with E-state index in [9.17, 15) is 23.1 Å². The Morgan fingerprint density at radius 3 is 2.20 bits per heavy atom. The van der Waals surface area contributed by atoms with Crippen LogP contribution < -0.4 is 57.1 Å². The minimum absolute atomic E-state index is 0. The third-order valence-corrected chi connectivity index (χ3v) is 1.02. The largest absolute Gasteiger partial charge is 1.00 e. The van der Waals surface area contributed by atoms with Crippen LogP contribution in [0.25, 0.3) is 0 Å². The standard InChI is InChI=1S/C6H5N2O2.BF3.K/c7-5-2-1-3-6(4-5)8(9)10;2-1(3)4;/h1,3-4H,7H2;;/q-1;;+1. The molecule has 9 heteroatoms. The Morgan fingerprint density at radius 2 is 1.93 bits per heavy atom. The van der Waals surface area contributed by atoms with Crippen LogP contribution in [0.1, 0.15) is 0 Å².